The van der Waals surface area contributed by atoms with Crippen LogP contribution in [-0.4, -0.2) is 34.9 Å². The largest absolute Gasteiger partial charge is 0.507 e. The number of hydrogen-bond acceptors (Lipinski definition) is 5. The molecule has 35 heavy (non-hydrogen) atoms. The summed E-state index contributed by atoms with van der Waals surface area (Å²) in [6, 6.07) is 21.7. The van der Waals surface area contributed by atoms with Crippen LogP contribution < -0.4 is 9.47 Å². The van der Waals surface area contributed by atoms with Gasteiger partial charge >= 0.3 is 0 Å². The monoisotopic (exact) mass is 469 g/mol. The Labute approximate surface area is 204 Å². The number of aliphatic hydroxyl groups excluding tert-OH is 1. The number of fused-ring (bicyclic) bond motifs is 1. The van der Waals surface area contributed by atoms with Crippen LogP contribution in [0.25, 0.3) is 5.76 Å². The van der Waals surface area contributed by atoms with E-state index in [2.05, 4.69) is 13.8 Å². The molecule has 0 spiro atoms. The van der Waals surface area contributed by atoms with E-state index in [4.69, 9.17) is 9.47 Å². The Balaban J connectivity index is 1.62. The van der Waals surface area contributed by atoms with Gasteiger partial charge in [-0.3, -0.25) is 9.59 Å². The van der Waals surface area contributed by atoms with Crippen molar-refractivity contribution in [3.63, 3.8) is 0 Å². The number of ether oxygens (including phenoxy) is 2. The normalized spacial score (nSPS) is 18.8. The lowest BCUT2D eigenvalue weighted by molar-refractivity contribution is -0.140. The summed E-state index contributed by atoms with van der Waals surface area (Å²) < 4.78 is 11.2. The second-order valence-electron chi connectivity index (χ2n) is 9.09. The number of rotatable bonds is 5. The first-order valence-corrected chi connectivity index (χ1v) is 11.8. The number of nitrogens with zero attached hydrogens (tertiary/aromatic N) is 1. The number of Topliss-reactive ketones (excluding diaryl/α,β-unsaturated/α-hetero) is 1. The van der Waals surface area contributed by atoms with Crippen LogP contribution in [0.15, 0.2) is 78.4 Å². The molecule has 1 atom stereocenters. The average Bonchev–Trinajstić information content (AvgIpc) is 3.13. The van der Waals surface area contributed by atoms with Crippen LogP contribution in [0, 0.1) is 0 Å². The molecule has 1 saturated heterocycles. The van der Waals surface area contributed by atoms with E-state index in [1.165, 1.54) is 4.90 Å². The summed E-state index contributed by atoms with van der Waals surface area (Å²) in [7, 11) is 0. The molecule has 0 bridgehead atoms. The van der Waals surface area contributed by atoms with Crippen LogP contribution in [0.4, 0.5) is 0 Å². The smallest absolute Gasteiger partial charge is 0.295 e. The Kier molecular flexibility index (Phi) is 6.03. The molecule has 6 heteroatoms. The minimum absolute atomic E-state index is 0.0694. The van der Waals surface area contributed by atoms with Gasteiger partial charge in [-0.25, -0.2) is 0 Å². The van der Waals surface area contributed by atoms with Gasteiger partial charge in [-0.15, -0.1) is 0 Å². The molecule has 178 valence electrons. The fourth-order valence-electron chi connectivity index (χ4n) is 4.58. The predicted molar refractivity (Wildman–Crippen MR) is 132 cm³/mol. The Morgan fingerprint density at radius 3 is 2.31 bits per heavy atom. The van der Waals surface area contributed by atoms with Crippen molar-refractivity contribution < 1.29 is 24.2 Å². The Bertz CT molecular complexity index is 1290. The lowest BCUT2D eigenvalue weighted by atomic mass is 9.93. The molecule has 2 heterocycles. The second kappa shape index (κ2) is 9.29. The van der Waals surface area contributed by atoms with Gasteiger partial charge in [-0.2, -0.15) is 0 Å². The van der Waals surface area contributed by atoms with Crippen LogP contribution in [0.2, 0.25) is 0 Å². The molecule has 0 radical (unpaired) electrons. The summed E-state index contributed by atoms with van der Waals surface area (Å²) in [5.74, 6) is -0.141. The van der Waals surface area contributed by atoms with E-state index in [-0.39, 0.29) is 17.9 Å². The Morgan fingerprint density at radius 2 is 1.63 bits per heavy atom. The van der Waals surface area contributed by atoms with Crippen molar-refractivity contribution in [2.24, 2.45) is 0 Å². The third-order valence-electron chi connectivity index (χ3n) is 6.47. The minimum atomic E-state index is -0.718. The number of likely N-dealkylation sites (tertiary alicyclic amines) is 1. The fraction of sp³-hybridized carbons (Fsp3) is 0.241. The van der Waals surface area contributed by atoms with Crippen LogP contribution in [0.1, 0.15) is 48.1 Å². The molecule has 2 aliphatic heterocycles. The maximum Gasteiger partial charge on any atom is 0.295 e. The van der Waals surface area contributed by atoms with E-state index in [1.807, 2.05) is 54.6 Å². The number of amides is 1. The number of carbonyl (C=O) groups is 2. The molecule has 1 N–H and O–H groups in total. The van der Waals surface area contributed by atoms with Crippen molar-refractivity contribution in [3.8, 4) is 11.5 Å². The number of ketones is 1. The molecule has 0 aliphatic carbocycles. The van der Waals surface area contributed by atoms with Crippen LogP contribution in [-0.2, 0) is 16.1 Å². The zero-order valence-corrected chi connectivity index (χ0v) is 19.7. The van der Waals surface area contributed by atoms with E-state index in [0.717, 1.165) is 16.7 Å². The van der Waals surface area contributed by atoms with Crippen molar-refractivity contribution in [2.75, 3.05) is 13.2 Å². The Hall–Kier alpha value is -4.06. The molecule has 1 fully saturated rings. The van der Waals surface area contributed by atoms with E-state index >= 15 is 0 Å². The molecular weight excluding hydrogens is 442 g/mol. The quantitative estimate of drug-likeness (QED) is 0.316. The molecule has 1 unspecified atom stereocenters. The van der Waals surface area contributed by atoms with Crippen molar-refractivity contribution in [2.45, 2.75) is 32.4 Å². The van der Waals surface area contributed by atoms with Crippen LogP contribution in [0.5, 0.6) is 11.5 Å². The van der Waals surface area contributed by atoms with Gasteiger partial charge in [-0.05, 0) is 40.8 Å². The average molecular weight is 470 g/mol. The first-order chi connectivity index (χ1) is 16.9. The van der Waals surface area contributed by atoms with Gasteiger partial charge in [0.05, 0.1) is 11.6 Å². The van der Waals surface area contributed by atoms with E-state index < -0.39 is 17.7 Å². The molecule has 6 nitrogen and oxygen atoms in total. The maximum atomic E-state index is 13.3. The van der Waals surface area contributed by atoms with Crippen LogP contribution >= 0.6 is 0 Å². The number of benzene rings is 3. The number of hydrogen-bond donors (Lipinski definition) is 1. The van der Waals surface area contributed by atoms with Gasteiger partial charge in [0.1, 0.15) is 19.0 Å². The van der Waals surface area contributed by atoms with Gasteiger partial charge in [-0.1, -0.05) is 68.4 Å². The summed E-state index contributed by atoms with van der Waals surface area (Å²) in [6.07, 6.45) is 0. The third-order valence-corrected chi connectivity index (χ3v) is 6.47. The van der Waals surface area contributed by atoms with Gasteiger partial charge in [0.2, 0.25) is 0 Å². The highest BCUT2D eigenvalue weighted by molar-refractivity contribution is 6.46. The molecule has 1 amide bonds. The van der Waals surface area contributed by atoms with Gasteiger partial charge in [0.25, 0.3) is 11.7 Å². The number of aliphatic hydroxyl groups is 1. The fourth-order valence-corrected chi connectivity index (χ4v) is 4.58. The summed E-state index contributed by atoms with van der Waals surface area (Å²) in [5, 5.41) is 11.4. The highest BCUT2D eigenvalue weighted by Gasteiger charge is 2.46. The van der Waals surface area contributed by atoms with Crippen LogP contribution in [0.3, 0.4) is 0 Å². The van der Waals surface area contributed by atoms with Crippen molar-refractivity contribution >= 4 is 17.4 Å². The molecular formula is C29H27NO5. The standard InChI is InChI=1S/C29H27NO5/c1-18(2)20-8-10-21(11-9-20)26-25(27(31)22-12-13-23-24(16-22)35-15-14-34-23)28(32)29(33)30(26)17-19-6-4-3-5-7-19/h3-13,16,18,26,31H,14-15,17H2,1-2H3/b27-25-. The molecule has 5 rings (SSSR count). The predicted octanol–water partition coefficient (Wildman–Crippen LogP) is 5.20. The minimum Gasteiger partial charge on any atom is -0.507 e. The summed E-state index contributed by atoms with van der Waals surface area (Å²) in [6.45, 7) is 5.33. The molecule has 3 aromatic carbocycles. The van der Waals surface area contributed by atoms with Gasteiger partial charge in [0.15, 0.2) is 11.5 Å². The third kappa shape index (κ3) is 4.28. The van der Waals surface area contributed by atoms with Crippen molar-refractivity contribution in [1.82, 2.24) is 4.90 Å². The summed E-state index contributed by atoms with van der Waals surface area (Å²) in [5.41, 5.74) is 3.29. The Morgan fingerprint density at radius 1 is 0.943 bits per heavy atom. The van der Waals surface area contributed by atoms with E-state index in [1.54, 1.807) is 18.2 Å². The summed E-state index contributed by atoms with van der Waals surface area (Å²) >= 11 is 0. The topological polar surface area (TPSA) is 76.1 Å². The second-order valence-corrected chi connectivity index (χ2v) is 9.09. The zero-order chi connectivity index (χ0) is 24.5. The lowest BCUT2D eigenvalue weighted by Crippen LogP contribution is -2.29. The summed E-state index contributed by atoms with van der Waals surface area (Å²) in [4.78, 5) is 28.1. The van der Waals surface area contributed by atoms with E-state index in [9.17, 15) is 14.7 Å². The molecule has 3 aromatic rings. The molecule has 2 aliphatic rings. The zero-order valence-electron chi connectivity index (χ0n) is 19.7. The maximum absolute atomic E-state index is 13.3. The van der Waals surface area contributed by atoms with Gasteiger partial charge < -0.3 is 19.5 Å². The van der Waals surface area contributed by atoms with Crippen molar-refractivity contribution in [3.05, 3.63) is 101 Å². The van der Waals surface area contributed by atoms with Gasteiger partial charge in [0, 0.05) is 12.1 Å². The molecule has 0 aromatic heterocycles. The first kappa shape index (κ1) is 22.7. The highest BCUT2D eigenvalue weighted by atomic mass is 16.6. The first-order valence-electron chi connectivity index (χ1n) is 11.8. The van der Waals surface area contributed by atoms with Crippen molar-refractivity contribution in [1.29, 1.82) is 0 Å². The molecule has 0 saturated carbocycles. The number of carbonyl (C=O) groups excluding carboxylic acids is 2. The lowest BCUT2D eigenvalue weighted by Gasteiger charge is -2.26. The highest BCUT2D eigenvalue weighted by Crippen LogP contribution is 2.42. The SMILES string of the molecule is CC(C)c1ccc(C2/C(=C(/O)c3ccc4c(c3)OCCO4)C(=O)C(=O)N2Cc2ccccc2)cc1. The van der Waals surface area contributed by atoms with E-state index in [0.29, 0.717) is 36.2 Å².